The van der Waals surface area contributed by atoms with Crippen LogP contribution in [0, 0.1) is 0 Å². The molecule has 5 rings (SSSR count). The Balaban J connectivity index is 0.00000274. The molecule has 0 radical (unpaired) electrons. The predicted octanol–water partition coefficient (Wildman–Crippen LogP) is 3.75. The number of fused-ring (bicyclic) bond motifs is 2. The lowest BCUT2D eigenvalue weighted by Crippen LogP contribution is -2.39. The third-order valence-electron chi connectivity index (χ3n) is 5.87. The summed E-state index contributed by atoms with van der Waals surface area (Å²) in [5, 5.41) is 0.714. The molecule has 1 amide bonds. The molecular formula is C24H28ClN3O5S. The van der Waals surface area contributed by atoms with Crippen molar-refractivity contribution >= 4 is 45.0 Å². The standard InChI is InChI=1S/C24H27N3O5S.ClH/c1-29-18-4-5-19-22(15-18)33-24(25-19)27(8-2-7-26-9-11-30-12-10-26)23(28)14-17-3-6-20-21(13-17)32-16-31-20;/h3-6,13,15H,2,7-12,14,16H2,1H3;1H. The number of aromatic nitrogens is 1. The van der Waals surface area contributed by atoms with Gasteiger partial charge in [-0.3, -0.25) is 14.6 Å². The van der Waals surface area contributed by atoms with Gasteiger partial charge in [0.25, 0.3) is 0 Å². The molecule has 1 fully saturated rings. The summed E-state index contributed by atoms with van der Waals surface area (Å²) in [4.78, 5) is 22.4. The molecule has 10 heteroatoms. The number of halogens is 1. The Kier molecular flexibility index (Phi) is 8.10. The van der Waals surface area contributed by atoms with Crippen molar-refractivity contribution in [2.75, 3.05) is 58.2 Å². The molecule has 0 atom stereocenters. The number of anilines is 1. The molecule has 2 aliphatic rings. The molecule has 0 unspecified atom stereocenters. The van der Waals surface area contributed by atoms with Gasteiger partial charge in [0.2, 0.25) is 12.7 Å². The second-order valence-corrected chi connectivity index (χ2v) is 9.06. The molecule has 34 heavy (non-hydrogen) atoms. The quantitative estimate of drug-likeness (QED) is 0.461. The van der Waals surface area contributed by atoms with Crippen molar-refractivity contribution < 1.29 is 23.7 Å². The van der Waals surface area contributed by atoms with Gasteiger partial charge < -0.3 is 18.9 Å². The van der Waals surface area contributed by atoms with E-state index in [1.807, 2.05) is 41.3 Å². The van der Waals surface area contributed by atoms with Gasteiger partial charge in [0.05, 0.1) is 37.0 Å². The van der Waals surface area contributed by atoms with Crippen molar-refractivity contribution in [2.45, 2.75) is 12.8 Å². The van der Waals surface area contributed by atoms with E-state index in [4.69, 9.17) is 23.9 Å². The van der Waals surface area contributed by atoms with E-state index in [2.05, 4.69) is 4.90 Å². The summed E-state index contributed by atoms with van der Waals surface area (Å²) in [7, 11) is 1.65. The molecule has 0 saturated carbocycles. The van der Waals surface area contributed by atoms with E-state index in [-0.39, 0.29) is 31.5 Å². The molecule has 1 aromatic heterocycles. The number of hydrogen-bond donors (Lipinski definition) is 0. The number of ether oxygens (including phenoxy) is 4. The monoisotopic (exact) mass is 505 g/mol. The summed E-state index contributed by atoms with van der Waals surface area (Å²) < 4.78 is 22.7. The molecule has 2 aliphatic heterocycles. The molecule has 0 N–H and O–H groups in total. The number of methoxy groups -OCH3 is 1. The number of nitrogens with zero attached hydrogens (tertiary/aromatic N) is 3. The molecule has 0 bridgehead atoms. The first-order chi connectivity index (χ1) is 16.2. The highest BCUT2D eigenvalue weighted by molar-refractivity contribution is 7.22. The Labute approximate surface area is 208 Å². The van der Waals surface area contributed by atoms with Crippen molar-refractivity contribution in [1.29, 1.82) is 0 Å². The number of thiazole rings is 1. The minimum Gasteiger partial charge on any atom is -0.497 e. The van der Waals surface area contributed by atoms with E-state index in [0.717, 1.165) is 60.8 Å². The van der Waals surface area contributed by atoms with Crippen LogP contribution in [0.1, 0.15) is 12.0 Å². The van der Waals surface area contributed by atoms with Crippen LogP contribution in [-0.4, -0.2) is 69.1 Å². The Morgan fingerprint density at radius 2 is 1.97 bits per heavy atom. The summed E-state index contributed by atoms with van der Waals surface area (Å²) in [5.41, 5.74) is 1.76. The van der Waals surface area contributed by atoms with Crippen LogP contribution >= 0.6 is 23.7 Å². The number of hydrogen-bond acceptors (Lipinski definition) is 8. The maximum Gasteiger partial charge on any atom is 0.233 e. The zero-order valence-corrected chi connectivity index (χ0v) is 20.7. The first-order valence-corrected chi connectivity index (χ1v) is 11.9. The minimum absolute atomic E-state index is 0. The van der Waals surface area contributed by atoms with Gasteiger partial charge in [-0.2, -0.15) is 0 Å². The highest BCUT2D eigenvalue weighted by Crippen LogP contribution is 2.34. The lowest BCUT2D eigenvalue weighted by atomic mass is 10.1. The first-order valence-electron chi connectivity index (χ1n) is 11.1. The van der Waals surface area contributed by atoms with Crippen LogP contribution in [0.5, 0.6) is 17.2 Å². The van der Waals surface area contributed by atoms with Gasteiger partial charge in [-0.05, 0) is 42.3 Å². The normalized spacial score (nSPS) is 15.2. The maximum atomic E-state index is 13.5. The molecule has 0 spiro atoms. The fraction of sp³-hybridized carbons (Fsp3) is 0.417. The first kappa shape index (κ1) is 24.5. The molecule has 0 aliphatic carbocycles. The topological polar surface area (TPSA) is 73.4 Å². The van der Waals surface area contributed by atoms with E-state index >= 15 is 0 Å². The largest absolute Gasteiger partial charge is 0.497 e. The maximum absolute atomic E-state index is 13.5. The van der Waals surface area contributed by atoms with Gasteiger partial charge in [0.1, 0.15) is 5.75 Å². The molecule has 8 nitrogen and oxygen atoms in total. The zero-order valence-electron chi connectivity index (χ0n) is 19.0. The SMILES string of the molecule is COc1ccc2nc(N(CCCN3CCOCC3)C(=O)Cc3ccc4c(c3)OCO4)sc2c1.Cl. The van der Waals surface area contributed by atoms with Crippen LogP contribution in [0.2, 0.25) is 0 Å². The number of amides is 1. The lowest BCUT2D eigenvalue weighted by molar-refractivity contribution is -0.118. The van der Waals surface area contributed by atoms with Gasteiger partial charge in [-0.1, -0.05) is 17.4 Å². The van der Waals surface area contributed by atoms with Gasteiger partial charge in [0.15, 0.2) is 16.6 Å². The van der Waals surface area contributed by atoms with E-state index in [1.165, 1.54) is 11.3 Å². The summed E-state index contributed by atoms with van der Waals surface area (Å²) in [6.07, 6.45) is 1.14. The van der Waals surface area contributed by atoms with E-state index in [9.17, 15) is 4.79 Å². The second kappa shape index (κ2) is 11.2. The molecule has 1 saturated heterocycles. The van der Waals surface area contributed by atoms with E-state index in [1.54, 1.807) is 7.11 Å². The average Bonchev–Trinajstić information content (AvgIpc) is 3.48. The van der Waals surface area contributed by atoms with Gasteiger partial charge in [-0.15, -0.1) is 12.4 Å². The van der Waals surface area contributed by atoms with Crippen LogP contribution in [0.3, 0.4) is 0 Å². The Bertz CT molecular complexity index is 1130. The summed E-state index contributed by atoms with van der Waals surface area (Å²) in [6.45, 7) is 5.17. The van der Waals surface area contributed by atoms with Crippen LogP contribution in [0.15, 0.2) is 36.4 Å². The second-order valence-electron chi connectivity index (χ2n) is 8.05. The van der Waals surface area contributed by atoms with Crippen LogP contribution < -0.4 is 19.1 Å². The number of rotatable bonds is 8. The van der Waals surface area contributed by atoms with Crippen LogP contribution in [0.25, 0.3) is 10.2 Å². The Morgan fingerprint density at radius 3 is 2.79 bits per heavy atom. The predicted molar refractivity (Wildman–Crippen MR) is 134 cm³/mol. The van der Waals surface area contributed by atoms with Gasteiger partial charge >= 0.3 is 0 Å². The van der Waals surface area contributed by atoms with Crippen molar-refractivity contribution in [3.05, 3.63) is 42.0 Å². The Morgan fingerprint density at radius 1 is 1.15 bits per heavy atom. The van der Waals surface area contributed by atoms with Crippen molar-refractivity contribution in [3.63, 3.8) is 0 Å². The van der Waals surface area contributed by atoms with Gasteiger partial charge in [0, 0.05) is 26.2 Å². The van der Waals surface area contributed by atoms with Gasteiger partial charge in [-0.25, -0.2) is 4.98 Å². The third-order valence-corrected chi connectivity index (χ3v) is 6.91. The smallest absolute Gasteiger partial charge is 0.233 e. The number of morpholine rings is 1. The van der Waals surface area contributed by atoms with Crippen molar-refractivity contribution in [2.24, 2.45) is 0 Å². The third kappa shape index (κ3) is 5.55. The summed E-state index contributed by atoms with van der Waals surface area (Å²) in [5.74, 6) is 2.20. The van der Waals surface area contributed by atoms with Crippen LogP contribution in [-0.2, 0) is 16.0 Å². The number of carbonyl (C=O) groups excluding carboxylic acids is 1. The summed E-state index contributed by atoms with van der Waals surface area (Å²) in [6, 6.07) is 11.4. The number of carbonyl (C=O) groups is 1. The number of benzene rings is 2. The molecular weight excluding hydrogens is 478 g/mol. The van der Waals surface area contributed by atoms with E-state index < -0.39 is 0 Å². The highest BCUT2D eigenvalue weighted by atomic mass is 35.5. The van der Waals surface area contributed by atoms with Crippen LogP contribution in [0.4, 0.5) is 5.13 Å². The molecule has 3 heterocycles. The molecule has 182 valence electrons. The minimum atomic E-state index is 0. The molecule has 2 aromatic carbocycles. The fourth-order valence-electron chi connectivity index (χ4n) is 4.06. The van der Waals surface area contributed by atoms with E-state index in [0.29, 0.717) is 23.2 Å². The van der Waals surface area contributed by atoms with Crippen molar-refractivity contribution in [3.8, 4) is 17.2 Å². The average molecular weight is 506 g/mol. The molecule has 3 aromatic rings. The zero-order chi connectivity index (χ0) is 22.6. The lowest BCUT2D eigenvalue weighted by Gasteiger charge is -2.27. The highest BCUT2D eigenvalue weighted by Gasteiger charge is 2.22. The van der Waals surface area contributed by atoms with Crippen molar-refractivity contribution in [1.82, 2.24) is 9.88 Å². The summed E-state index contributed by atoms with van der Waals surface area (Å²) >= 11 is 1.52. The fourth-order valence-corrected chi connectivity index (χ4v) is 5.10. The Hall–Kier alpha value is -2.59.